The molecule has 3 heteroatoms. The fourth-order valence-corrected chi connectivity index (χ4v) is 1.55. The first-order chi connectivity index (χ1) is 6.29. The van der Waals surface area contributed by atoms with E-state index in [1.165, 1.54) is 0 Å². The van der Waals surface area contributed by atoms with Gasteiger partial charge in [0.1, 0.15) is 6.33 Å². The molecule has 0 aromatic carbocycles. The van der Waals surface area contributed by atoms with Gasteiger partial charge in [0.2, 0.25) is 0 Å². The standard InChI is InChI=1S/C8H7BrN2.C2H6/c1-6-7-3-2-4-8(9)11(7)5-10-6;1-2/h2-5H,1H3;1-2H3. The topological polar surface area (TPSA) is 17.3 Å². The fourth-order valence-electron chi connectivity index (χ4n) is 1.12. The van der Waals surface area contributed by atoms with Crippen LogP contribution in [0.3, 0.4) is 0 Å². The summed E-state index contributed by atoms with van der Waals surface area (Å²) in [5, 5.41) is 0. The van der Waals surface area contributed by atoms with Gasteiger partial charge in [-0.25, -0.2) is 4.98 Å². The van der Waals surface area contributed by atoms with Crippen LogP contribution in [0.1, 0.15) is 19.5 Å². The van der Waals surface area contributed by atoms with Crippen LogP contribution >= 0.6 is 15.9 Å². The zero-order valence-electron chi connectivity index (χ0n) is 8.08. The van der Waals surface area contributed by atoms with Crippen molar-refractivity contribution in [3.05, 3.63) is 34.8 Å². The average molecular weight is 241 g/mol. The Bertz CT molecular complexity index is 393. The van der Waals surface area contributed by atoms with Crippen molar-refractivity contribution in [3.8, 4) is 0 Å². The highest BCUT2D eigenvalue weighted by atomic mass is 79.9. The Morgan fingerprint density at radius 3 is 2.62 bits per heavy atom. The van der Waals surface area contributed by atoms with Gasteiger partial charge in [0.25, 0.3) is 0 Å². The number of rotatable bonds is 0. The predicted molar refractivity (Wildman–Crippen MR) is 59.0 cm³/mol. The van der Waals surface area contributed by atoms with E-state index in [9.17, 15) is 0 Å². The molecule has 0 aliphatic heterocycles. The number of nitrogens with zero attached hydrogens (tertiary/aromatic N) is 2. The van der Waals surface area contributed by atoms with E-state index >= 15 is 0 Å². The average Bonchev–Trinajstić information content (AvgIpc) is 2.53. The zero-order valence-corrected chi connectivity index (χ0v) is 9.67. The molecule has 0 atom stereocenters. The van der Waals surface area contributed by atoms with Crippen molar-refractivity contribution >= 4 is 21.4 Å². The SMILES string of the molecule is CC.Cc1ncn2c(Br)cccc12. The van der Waals surface area contributed by atoms with E-state index in [1.807, 2.05) is 49.7 Å². The third-order valence-corrected chi connectivity index (χ3v) is 2.36. The van der Waals surface area contributed by atoms with Gasteiger partial charge in [-0.3, -0.25) is 4.40 Å². The quantitative estimate of drug-likeness (QED) is 0.646. The third-order valence-electron chi connectivity index (χ3n) is 1.72. The minimum Gasteiger partial charge on any atom is -0.293 e. The van der Waals surface area contributed by atoms with Crippen LogP contribution in [0.4, 0.5) is 0 Å². The van der Waals surface area contributed by atoms with Crippen molar-refractivity contribution in [2.75, 3.05) is 0 Å². The molecule has 2 aromatic rings. The van der Waals surface area contributed by atoms with Gasteiger partial charge in [0, 0.05) is 0 Å². The van der Waals surface area contributed by atoms with Crippen LogP contribution in [0.25, 0.3) is 5.52 Å². The molecule has 2 aromatic heterocycles. The number of aryl methyl sites for hydroxylation is 1. The summed E-state index contributed by atoms with van der Waals surface area (Å²) >= 11 is 3.43. The van der Waals surface area contributed by atoms with E-state index < -0.39 is 0 Å². The Morgan fingerprint density at radius 1 is 1.31 bits per heavy atom. The fraction of sp³-hybridized carbons (Fsp3) is 0.300. The van der Waals surface area contributed by atoms with Crippen molar-refractivity contribution in [1.29, 1.82) is 0 Å². The second-order valence-corrected chi connectivity index (χ2v) is 3.25. The summed E-state index contributed by atoms with van der Waals surface area (Å²) in [7, 11) is 0. The lowest BCUT2D eigenvalue weighted by molar-refractivity contribution is 1.12. The van der Waals surface area contributed by atoms with Crippen LogP contribution in [-0.2, 0) is 0 Å². The smallest absolute Gasteiger partial charge is 0.100 e. The minimum absolute atomic E-state index is 1.04. The van der Waals surface area contributed by atoms with Crippen LogP contribution < -0.4 is 0 Å². The monoisotopic (exact) mass is 240 g/mol. The van der Waals surface area contributed by atoms with Crippen molar-refractivity contribution in [3.63, 3.8) is 0 Å². The van der Waals surface area contributed by atoms with E-state index in [-0.39, 0.29) is 0 Å². The van der Waals surface area contributed by atoms with Crippen LogP contribution in [-0.4, -0.2) is 9.38 Å². The maximum Gasteiger partial charge on any atom is 0.100 e. The van der Waals surface area contributed by atoms with Crippen molar-refractivity contribution < 1.29 is 0 Å². The lowest BCUT2D eigenvalue weighted by Gasteiger charge is -1.95. The predicted octanol–water partition coefficient (Wildman–Crippen LogP) is 3.43. The van der Waals surface area contributed by atoms with Crippen molar-refractivity contribution in [1.82, 2.24) is 9.38 Å². The molecule has 0 spiro atoms. The Morgan fingerprint density at radius 2 is 2.00 bits per heavy atom. The van der Waals surface area contributed by atoms with Crippen molar-refractivity contribution in [2.24, 2.45) is 0 Å². The van der Waals surface area contributed by atoms with Gasteiger partial charge in [-0.15, -0.1) is 0 Å². The second kappa shape index (κ2) is 4.42. The molecule has 13 heavy (non-hydrogen) atoms. The summed E-state index contributed by atoms with van der Waals surface area (Å²) in [5.74, 6) is 0. The lowest BCUT2D eigenvalue weighted by atomic mass is 10.3. The van der Waals surface area contributed by atoms with Crippen LogP contribution in [0, 0.1) is 6.92 Å². The molecule has 0 bridgehead atoms. The summed E-state index contributed by atoms with van der Waals surface area (Å²) in [6.45, 7) is 6.00. The molecule has 0 fully saturated rings. The number of aromatic nitrogens is 2. The molecule has 2 rings (SSSR count). The molecule has 0 saturated heterocycles. The van der Waals surface area contributed by atoms with Crippen LogP contribution in [0.2, 0.25) is 0 Å². The molecule has 0 unspecified atom stereocenters. The Balaban J connectivity index is 0.000000396. The van der Waals surface area contributed by atoms with Gasteiger partial charge < -0.3 is 0 Å². The molecule has 0 amide bonds. The molecule has 70 valence electrons. The molecule has 0 aliphatic carbocycles. The number of halogens is 1. The maximum absolute atomic E-state index is 4.19. The molecule has 0 aliphatic rings. The molecular formula is C10H13BrN2. The summed E-state index contributed by atoms with van der Waals surface area (Å²) < 4.78 is 3.05. The maximum atomic E-state index is 4.19. The first-order valence-electron chi connectivity index (χ1n) is 4.37. The molecule has 0 saturated carbocycles. The molecule has 2 heterocycles. The van der Waals surface area contributed by atoms with Crippen LogP contribution in [0.15, 0.2) is 29.1 Å². The highest BCUT2D eigenvalue weighted by Gasteiger charge is 1.99. The highest BCUT2D eigenvalue weighted by molar-refractivity contribution is 9.10. The Hall–Kier alpha value is -0.830. The van der Waals surface area contributed by atoms with Gasteiger partial charge in [-0.05, 0) is 35.0 Å². The normalized spacial score (nSPS) is 9.54. The number of fused-ring (bicyclic) bond motifs is 1. The molecule has 0 N–H and O–H groups in total. The summed E-state index contributed by atoms with van der Waals surface area (Å²) in [6.07, 6.45) is 1.81. The summed E-state index contributed by atoms with van der Waals surface area (Å²) in [5.41, 5.74) is 2.21. The molecule has 0 radical (unpaired) electrons. The van der Waals surface area contributed by atoms with E-state index in [0.717, 1.165) is 15.8 Å². The van der Waals surface area contributed by atoms with Gasteiger partial charge in [-0.1, -0.05) is 19.9 Å². The van der Waals surface area contributed by atoms with Crippen molar-refractivity contribution in [2.45, 2.75) is 20.8 Å². The van der Waals surface area contributed by atoms with E-state index in [2.05, 4.69) is 20.9 Å². The van der Waals surface area contributed by atoms with E-state index in [4.69, 9.17) is 0 Å². The lowest BCUT2D eigenvalue weighted by Crippen LogP contribution is -1.82. The largest absolute Gasteiger partial charge is 0.293 e. The first kappa shape index (κ1) is 10.3. The highest BCUT2D eigenvalue weighted by Crippen LogP contribution is 2.15. The summed E-state index contributed by atoms with van der Waals surface area (Å²) in [4.78, 5) is 4.19. The van der Waals surface area contributed by atoms with Gasteiger partial charge in [-0.2, -0.15) is 0 Å². The minimum atomic E-state index is 1.04. The van der Waals surface area contributed by atoms with E-state index in [0.29, 0.717) is 0 Å². The summed E-state index contributed by atoms with van der Waals surface area (Å²) in [6, 6.07) is 6.05. The number of hydrogen-bond donors (Lipinski definition) is 0. The van der Waals surface area contributed by atoms with Crippen LogP contribution in [0.5, 0.6) is 0 Å². The Kier molecular flexibility index (Phi) is 3.48. The van der Waals surface area contributed by atoms with Gasteiger partial charge in [0.15, 0.2) is 0 Å². The van der Waals surface area contributed by atoms with Gasteiger partial charge in [0.05, 0.1) is 15.8 Å². The zero-order chi connectivity index (χ0) is 9.84. The molecular weight excluding hydrogens is 228 g/mol. The first-order valence-corrected chi connectivity index (χ1v) is 5.16. The molecule has 2 nitrogen and oxygen atoms in total. The van der Waals surface area contributed by atoms with Gasteiger partial charge >= 0.3 is 0 Å². The van der Waals surface area contributed by atoms with E-state index in [1.54, 1.807) is 0 Å². The third kappa shape index (κ3) is 1.91. The second-order valence-electron chi connectivity index (χ2n) is 2.43. The number of pyridine rings is 1. The Labute approximate surface area is 86.7 Å². The number of hydrogen-bond acceptors (Lipinski definition) is 1. The number of imidazole rings is 1.